The van der Waals surface area contributed by atoms with Crippen LogP contribution in [-0.4, -0.2) is 49.6 Å². The molecule has 0 aliphatic carbocycles. The van der Waals surface area contributed by atoms with E-state index < -0.39 is 17.3 Å². The molecule has 5 atom stereocenters. The minimum Gasteiger partial charge on any atom is -0.469 e. The van der Waals surface area contributed by atoms with Gasteiger partial charge in [-0.1, -0.05) is 27.7 Å². The average Bonchev–Trinajstić information content (AvgIpc) is 2.57. The van der Waals surface area contributed by atoms with E-state index in [0.717, 1.165) is 19.1 Å². The topological polar surface area (TPSA) is 82.1 Å². The quantitative estimate of drug-likeness (QED) is 0.504. The number of rotatable bonds is 9. The number of hydrogen-bond acceptors (Lipinski definition) is 6. The summed E-state index contributed by atoms with van der Waals surface area (Å²) in [5, 5.41) is 10.5. The van der Waals surface area contributed by atoms with Crippen LogP contribution in [-0.2, 0) is 23.8 Å². The summed E-state index contributed by atoms with van der Waals surface area (Å²) in [6.45, 7) is 7.97. The summed E-state index contributed by atoms with van der Waals surface area (Å²) in [5.41, 5.74) is -0.767. The first-order chi connectivity index (χ1) is 11.7. The van der Waals surface area contributed by atoms with Gasteiger partial charge in [-0.25, -0.2) is 0 Å². The summed E-state index contributed by atoms with van der Waals surface area (Å²) < 4.78 is 17.0. The first kappa shape index (κ1) is 22.1. The SMILES string of the molecule is COC(=O)CCC[C@H]1C[C@@H](C)[C@@H](C)[C@@](OC)(C(C)(C)[C@@H](O)CC=O)O1. The standard InChI is InChI=1S/C19H34O6/c1-13-12-15(8-7-9-17(22)23-5)25-19(24-6,14(13)2)18(3,4)16(21)10-11-20/h11,13-16,21H,7-10,12H2,1-6H3/t13-,14-,15+,16+,19+/m1/s1. The van der Waals surface area contributed by atoms with Crippen molar-refractivity contribution in [2.75, 3.05) is 14.2 Å². The van der Waals surface area contributed by atoms with Crippen molar-refractivity contribution >= 4 is 12.3 Å². The molecule has 0 bridgehead atoms. The molecule has 1 heterocycles. The van der Waals surface area contributed by atoms with Gasteiger partial charge < -0.3 is 24.1 Å². The van der Waals surface area contributed by atoms with Crippen LogP contribution < -0.4 is 0 Å². The van der Waals surface area contributed by atoms with Crippen LogP contribution in [0.15, 0.2) is 0 Å². The number of carbonyl (C=O) groups excluding carboxylic acids is 2. The third-order valence-corrected chi connectivity index (χ3v) is 5.92. The fraction of sp³-hybridized carbons (Fsp3) is 0.895. The lowest BCUT2D eigenvalue weighted by molar-refractivity contribution is -0.364. The Morgan fingerprint density at radius 2 is 2.04 bits per heavy atom. The van der Waals surface area contributed by atoms with Crippen molar-refractivity contribution in [3.63, 3.8) is 0 Å². The van der Waals surface area contributed by atoms with Crippen LogP contribution >= 0.6 is 0 Å². The van der Waals surface area contributed by atoms with E-state index in [1.165, 1.54) is 7.11 Å². The summed E-state index contributed by atoms with van der Waals surface area (Å²) in [7, 11) is 2.98. The van der Waals surface area contributed by atoms with Crippen molar-refractivity contribution in [3.8, 4) is 0 Å². The van der Waals surface area contributed by atoms with Crippen molar-refractivity contribution in [3.05, 3.63) is 0 Å². The smallest absolute Gasteiger partial charge is 0.305 e. The molecule has 1 saturated heterocycles. The Balaban J connectivity index is 2.98. The van der Waals surface area contributed by atoms with Gasteiger partial charge in [-0.3, -0.25) is 4.79 Å². The lowest BCUT2D eigenvalue weighted by atomic mass is 9.66. The largest absolute Gasteiger partial charge is 0.469 e. The summed E-state index contributed by atoms with van der Waals surface area (Å²) in [4.78, 5) is 22.2. The minimum atomic E-state index is -0.997. The third kappa shape index (κ3) is 4.60. The molecule has 25 heavy (non-hydrogen) atoms. The highest BCUT2D eigenvalue weighted by molar-refractivity contribution is 5.68. The number of methoxy groups -OCH3 is 2. The van der Waals surface area contributed by atoms with Crippen LogP contribution in [0, 0.1) is 17.3 Å². The van der Waals surface area contributed by atoms with Crippen molar-refractivity contribution < 1.29 is 28.9 Å². The van der Waals surface area contributed by atoms with Crippen LogP contribution in [0.3, 0.4) is 0 Å². The molecule has 0 unspecified atom stereocenters. The van der Waals surface area contributed by atoms with E-state index in [2.05, 4.69) is 18.6 Å². The second-order valence-corrected chi connectivity index (χ2v) is 7.72. The molecule has 0 aromatic heterocycles. The monoisotopic (exact) mass is 358 g/mol. The molecular weight excluding hydrogens is 324 g/mol. The van der Waals surface area contributed by atoms with Crippen molar-refractivity contribution in [2.24, 2.45) is 17.3 Å². The summed E-state index contributed by atoms with van der Waals surface area (Å²) in [6, 6.07) is 0. The minimum absolute atomic E-state index is 0.0373. The number of aliphatic hydroxyl groups is 1. The summed E-state index contributed by atoms with van der Waals surface area (Å²) >= 11 is 0. The van der Waals surface area contributed by atoms with Gasteiger partial charge in [-0.15, -0.1) is 0 Å². The molecule has 0 aromatic carbocycles. The Bertz CT molecular complexity index is 449. The van der Waals surface area contributed by atoms with Gasteiger partial charge in [-0.05, 0) is 25.2 Å². The van der Waals surface area contributed by atoms with Crippen molar-refractivity contribution in [2.45, 2.75) is 77.8 Å². The molecular formula is C19H34O6. The Morgan fingerprint density at radius 3 is 2.56 bits per heavy atom. The zero-order valence-corrected chi connectivity index (χ0v) is 16.4. The first-order valence-corrected chi connectivity index (χ1v) is 9.07. The summed E-state index contributed by atoms with van der Waals surface area (Å²) in [6.07, 6.45) is 2.44. The zero-order valence-electron chi connectivity index (χ0n) is 16.4. The number of carbonyl (C=O) groups is 2. The van der Waals surface area contributed by atoms with Crippen LogP contribution in [0.25, 0.3) is 0 Å². The van der Waals surface area contributed by atoms with E-state index in [1.54, 1.807) is 7.11 Å². The van der Waals surface area contributed by atoms with E-state index in [9.17, 15) is 14.7 Å². The maximum Gasteiger partial charge on any atom is 0.305 e. The highest BCUT2D eigenvalue weighted by Gasteiger charge is 2.58. The lowest BCUT2D eigenvalue weighted by Gasteiger charge is -2.56. The molecule has 0 saturated carbocycles. The van der Waals surface area contributed by atoms with Gasteiger partial charge in [0.2, 0.25) is 0 Å². The van der Waals surface area contributed by atoms with Gasteiger partial charge in [0.05, 0.1) is 19.3 Å². The van der Waals surface area contributed by atoms with E-state index in [1.807, 2.05) is 13.8 Å². The lowest BCUT2D eigenvalue weighted by Crippen LogP contribution is -2.63. The molecule has 0 aromatic rings. The zero-order chi connectivity index (χ0) is 19.3. The highest BCUT2D eigenvalue weighted by Crippen LogP contribution is 2.51. The van der Waals surface area contributed by atoms with Crippen molar-refractivity contribution in [1.82, 2.24) is 0 Å². The predicted molar refractivity (Wildman–Crippen MR) is 93.9 cm³/mol. The van der Waals surface area contributed by atoms with E-state index in [0.29, 0.717) is 18.8 Å². The maximum absolute atomic E-state index is 11.3. The molecule has 6 nitrogen and oxygen atoms in total. The number of aldehydes is 1. The Hall–Kier alpha value is -0.980. The molecule has 146 valence electrons. The Kier molecular flexibility index (Phi) is 8.03. The molecule has 0 amide bonds. The number of esters is 1. The van der Waals surface area contributed by atoms with Crippen LogP contribution in [0.1, 0.15) is 59.8 Å². The molecule has 1 aliphatic heterocycles. The number of hydrogen-bond donors (Lipinski definition) is 1. The molecule has 1 fully saturated rings. The third-order valence-electron chi connectivity index (χ3n) is 5.92. The van der Waals surface area contributed by atoms with Crippen LogP contribution in [0.2, 0.25) is 0 Å². The van der Waals surface area contributed by atoms with E-state index in [4.69, 9.17) is 9.47 Å². The Labute approximate surface area is 151 Å². The molecule has 0 radical (unpaired) electrons. The summed E-state index contributed by atoms with van der Waals surface area (Å²) in [5.74, 6) is -0.856. The van der Waals surface area contributed by atoms with E-state index >= 15 is 0 Å². The maximum atomic E-state index is 11.3. The van der Waals surface area contributed by atoms with Gasteiger partial charge in [0.15, 0.2) is 5.79 Å². The molecule has 1 aliphatic rings. The number of aliphatic hydroxyl groups excluding tert-OH is 1. The van der Waals surface area contributed by atoms with Gasteiger partial charge in [0.25, 0.3) is 0 Å². The Morgan fingerprint density at radius 1 is 1.40 bits per heavy atom. The first-order valence-electron chi connectivity index (χ1n) is 9.07. The predicted octanol–water partition coefficient (Wildman–Crippen LogP) is 2.71. The molecule has 1 rings (SSSR count). The van der Waals surface area contributed by atoms with Gasteiger partial charge in [0.1, 0.15) is 6.29 Å². The van der Waals surface area contributed by atoms with Crippen LogP contribution in [0.5, 0.6) is 0 Å². The van der Waals surface area contributed by atoms with Gasteiger partial charge in [0, 0.05) is 31.3 Å². The fourth-order valence-corrected chi connectivity index (χ4v) is 4.00. The normalized spacial score (nSPS) is 31.4. The fourth-order valence-electron chi connectivity index (χ4n) is 4.00. The molecule has 1 N–H and O–H groups in total. The average molecular weight is 358 g/mol. The van der Waals surface area contributed by atoms with Crippen molar-refractivity contribution in [1.29, 1.82) is 0 Å². The highest BCUT2D eigenvalue weighted by atomic mass is 16.7. The van der Waals surface area contributed by atoms with Gasteiger partial charge in [-0.2, -0.15) is 0 Å². The molecule has 6 heteroatoms. The number of ether oxygens (including phenoxy) is 3. The van der Waals surface area contributed by atoms with E-state index in [-0.39, 0.29) is 24.4 Å². The van der Waals surface area contributed by atoms with Crippen LogP contribution in [0.4, 0.5) is 0 Å². The van der Waals surface area contributed by atoms with Gasteiger partial charge >= 0.3 is 5.97 Å². The molecule has 0 spiro atoms. The second kappa shape index (κ2) is 9.10. The second-order valence-electron chi connectivity index (χ2n) is 7.72.